The Bertz CT molecular complexity index is 183. The summed E-state index contributed by atoms with van der Waals surface area (Å²) < 4.78 is 31.2. The van der Waals surface area contributed by atoms with Crippen LogP contribution in [0.5, 0.6) is 0 Å². The predicted molar refractivity (Wildman–Crippen MR) is 54.3 cm³/mol. The maximum absolute atomic E-state index is 11.7. The van der Waals surface area contributed by atoms with Gasteiger partial charge in [0, 0.05) is 12.8 Å². The second-order valence-corrected chi connectivity index (χ2v) is 6.15. The zero-order chi connectivity index (χ0) is 11.6. The number of halogens is 8. The third-order valence-electron chi connectivity index (χ3n) is 1.21. The molecule has 1 radical (unpaired) electrons. The van der Waals surface area contributed by atoms with Crippen LogP contribution in [0.15, 0.2) is 0 Å². The first-order valence-electron chi connectivity index (χ1n) is 3.31. The Morgan fingerprint density at radius 2 is 1.36 bits per heavy atom. The van der Waals surface area contributed by atoms with Crippen LogP contribution in [0.3, 0.4) is 0 Å². The van der Waals surface area contributed by atoms with Crippen LogP contribution >= 0.6 is 58.0 Å². The summed E-state index contributed by atoms with van der Waals surface area (Å²) >= 11 is 27.0. The van der Waals surface area contributed by atoms with E-state index < -0.39 is 27.1 Å². The summed E-state index contributed by atoms with van der Waals surface area (Å²) in [5.74, 6) is 0. The molecular weight excluding hydrogens is 306 g/mol. The minimum Gasteiger partial charge on any atom is -0.171 e. The topological polar surface area (TPSA) is 0 Å². The van der Waals surface area contributed by atoms with Crippen LogP contribution in [0.1, 0.15) is 12.8 Å². The van der Waals surface area contributed by atoms with E-state index in [2.05, 4.69) is 0 Å². The minimum absolute atomic E-state index is 0.412. The first-order chi connectivity index (χ1) is 5.96. The molecule has 0 aromatic rings. The molecule has 0 unspecified atom stereocenters. The highest BCUT2D eigenvalue weighted by molar-refractivity contribution is 6.75. The average Bonchev–Trinajstić information content (AvgIpc) is 1.80. The van der Waals surface area contributed by atoms with Gasteiger partial charge in [-0.05, 0) is 6.42 Å². The summed E-state index contributed by atoms with van der Waals surface area (Å²) in [6, 6.07) is 0. The van der Waals surface area contributed by atoms with E-state index in [0.29, 0.717) is 0 Å². The lowest BCUT2D eigenvalue weighted by Gasteiger charge is -2.26. The van der Waals surface area contributed by atoms with Crippen LogP contribution in [0.25, 0.3) is 0 Å². The summed E-state index contributed by atoms with van der Waals surface area (Å²) in [5.41, 5.74) is 0. The van der Waals surface area contributed by atoms with Gasteiger partial charge in [-0.15, -0.1) is 0 Å². The van der Waals surface area contributed by atoms with Gasteiger partial charge >= 0.3 is 6.18 Å². The van der Waals surface area contributed by atoms with Gasteiger partial charge in [-0.2, -0.15) is 13.2 Å². The molecule has 0 aliphatic carbocycles. The van der Waals surface area contributed by atoms with Crippen molar-refractivity contribution in [1.29, 1.82) is 0 Å². The first kappa shape index (κ1) is 15.2. The van der Waals surface area contributed by atoms with Gasteiger partial charge in [0.2, 0.25) is 3.79 Å². The maximum Gasteiger partial charge on any atom is 0.389 e. The monoisotopic (exact) mass is 309 g/mol. The van der Waals surface area contributed by atoms with Crippen LogP contribution in [0, 0.1) is 6.42 Å². The van der Waals surface area contributed by atoms with Gasteiger partial charge in [-0.3, -0.25) is 0 Å². The fourth-order valence-corrected chi connectivity index (χ4v) is 0.983. The second kappa shape index (κ2) is 5.05. The fourth-order valence-electron chi connectivity index (χ4n) is 0.533. The quantitative estimate of drug-likeness (QED) is 0.638. The summed E-state index contributed by atoms with van der Waals surface area (Å²) in [5, 5.41) is 0. The minimum atomic E-state index is -4.28. The Labute approximate surface area is 105 Å². The molecule has 0 rings (SSSR count). The highest BCUT2D eigenvalue weighted by atomic mass is 35.6. The van der Waals surface area contributed by atoms with Gasteiger partial charge in [0.15, 0.2) is 4.33 Å². The molecule has 0 N–H and O–H groups in total. The second-order valence-electron chi connectivity index (χ2n) is 2.48. The van der Waals surface area contributed by atoms with E-state index in [1.54, 1.807) is 0 Å². The van der Waals surface area contributed by atoms with Crippen LogP contribution in [0.2, 0.25) is 0 Å². The van der Waals surface area contributed by atoms with Crippen molar-refractivity contribution >= 4 is 58.0 Å². The van der Waals surface area contributed by atoms with Crippen molar-refractivity contribution in [3.8, 4) is 0 Å². The van der Waals surface area contributed by atoms with Crippen LogP contribution in [-0.4, -0.2) is 14.3 Å². The average molecular weight is 311 g/mol. The van der Waals surface area contributed by atoms with Crippen LogP contribution < -0.4 is 0 Å². The van der Waals surface area contributed by atoms with Crippen molar-refractivity contribution in [3.63, 3.8) is 0 Å². The van der Waals surface area contributed by atoms with Gasteiger partial charge in [-0.25, -0.2) is 0 Å². The largest absolute Gasteiger partial charge is 0.389 e. The third-order valence-corrected chi connectivity index (χ3v) is 3.56. The van der Waals surface area contributed by atoms with Crippen molar-refractivity contribution in [1.82, 2.24) is 0 Å². The number of alkyl halides is 8. The molecule has 0 fully saturated rings. The Kier molecular flexibility index (Phi) is 5.49. The zero-order valence-electron chi connectivity index (χ0n) is 6.52. The smallest absolute Gasteiger partial charge is 0.171 e. The molecule has 14 heavy (non-hydrogen) atoms. The Morgan fingerprint density at radius 3 is 1.64 bits per heavy atom. The molecule has 0 aliphatic rings. The summed E-state index contributed by atoms with van der Waals surface area (Å²) in [4.78, 5) is 0. The van der Waals surface area contributed by atoms with Crippen molar-refractivity contribution in [2.45, 2.75) is 27.1 Å². The molecule has 0 heterocycles. The Balaban J connectivity index is 4.02. The lowest BCUT2D eigenvalue weighted by molar-refractivity contribution is -0.134. The molecule has 0 saturated heterocycles. The fraction of sp³-hybridized carbons (Fsp3) is 0.833. The zero-order valence-corrected chi connectivity index (χ0v) is 10.3. The number of rotatable bonds is 3. The van der Waals surface area contributed by atoms with E-state index in [1.165, 1.54) is 0 Å². The molecule has 0 saturated carbocycles. The lowest BCUT2D eigenvalue weighted by atomic mass is 10.2. The van der Waals surface area contributed by atoms with Crippen molar-refractivity contribution in [3.05, 3.63) is 6.42 Å². The molecule has 0 aromatic carbocycles. The molecule has 0 bridgehead atoms. The number of hydrogen-bond donors (Lipinski definition) is 0. The van der Waals surface area contributed by atoms with Crippen molar-refractivity contribution < 1.29 is 13.2 Å². The molecule has 0 aromatic heterocycles. The molecule has 0 amide bonds. The van der Waals surface area contributed by atoms with E-state index in [4.69, 9.17) is 58.0 Å². The van der Waals surface area contributed by atoms with Crippen LogP contribution in [0.4, 0.5) is 13.2 Å². The van der Waals surface area contributed by atoms with E-state index in [9.17, 15) is 13.2 Å². The van der Waals surface area contributed by atoms with Crippen molar-refractivity contribution in [2.75, 3.05) is 0 Å². The van der Waals surface area contributed by atoms with Gasteiger partial charge in [-0.1, -0.05) is 58.0 Å². The van der Waals surface area contributed by atoms with Crippen LogP contribution in [-0.2, 0) is 0 Å². The summed E-state index contributed by atoms with van der Waals surface area (Å²) in [7, 11) is 0. The highest BCUT2D eigenvalue weighted by Crippen LogP contribution is 2.48. The third kappa shape index (κ3) is 5.96. The van der Waals surface area contributed by atoms with E-state index >= 15 is 0 Å². The van der Waals surface area contributed by atoms with Gasteiger partial charge in [0.1, 0.15) is 0 Å². The first-order valence-corrected chi connectivity index (χ1v) is 5.20. The Morgan fingerprint density at radius 1 is 0.929 bits per heavy atom. The lowest BCUT2D eigenvalue weighted by Crippen LogP contribution is -2.31. The Hall–Kier alpha value is 1.24. The SMILES string of the molecule is FC(F)(F)CC[CH]C(Cl)(Cl)C(Cl)(Cl)Cl. The molecular formula is C6H5Cl5F3. The summed E-state index contributed by atoms with van der Waals surface area (Å²) in [6.45, 7) is 0. The van der Waals surface area contributed by atoms with E-state index in [-0.39, 0.29) is 0 Å². The molecule has 0 spiro atoms. The highest BCUT2D eigenvalue weighted by Gasteiger charge is 2.46. The van der Waals surface area contributed by atoms with E-state index in [0.717, 1.165) is 6.42 Å². The number of hydrogen-bond acceptors (Lipinski definition) is 0. The molecule has 8 heteroatoms. The predicted octanol–water partition coefficient (Wildman–Crippen LogP) is 5.08. The normalized spacial score (nSPS) is 14.6. The van der Waals surface area contributed by atoms with Gasteiger partial charge in [0.25, 0.3) is 0 Å². The standard InChI is InChI=1S/C6H5Cl5F3/c7-4(8,6(9,10)11)2-1-3-5(12,13)14/h2H,1,3H2. The molecule has 85 valence electrons. The molecule has 0 atom stereocenters. The van der Waals surface area contributed by atoms with Crippen molar-refractivity contribution in [2.24, 2.45) is 0 Å². The molecule has 0 aliphatic heterocycles. The summed E-state index contributed by atoms with van der Waals surface area (Å²) in [6.07, 6.45) is -4.84. The molecule has 0 nitrogen and oxygen atoms in total. The van der Waals surface area contributed by atoms with E-state index in [1.807, 2.05) is 0 Å². The maximum atomic E-state index is 11.7. The van der Waals surface area contributed by atoms with Gasteiger partial charge in [0.05, 0.1) is 0 Å². The van der Waals surface area contributed by atoms with Gasteiger partial charge < -0.3 is 0 Å².